The molecule has 1 heterocycles. The van der Waals surface area contributed by atoms with Crippen LogP contribution < -0.4 is 10.6 Å². The predicted molar refractivity (Wildman–Crippen MR) is 111 cm³/mol. The van der Waals surface area contributed by atoms with Crippen LogP contribution in [0.1, 0.15) is 21.7 Å². The van der Waals surface area contributed by atoms with Gasteiger partial charge in [-0.1, -0.05) is 36.4 Å². The highest BCUT2D eigenvalue weighted by molar-refractivity contribution is 5.96. The number of benzene rings is 2. The third-order valence-corrected chi connectivity index (χ3v) is 4.44. The molecule has 3 rings (SSSR count). The van der Waals surface area contributed by atoms with E-state index in [9.17, 15) is 27.6 Å². The second kappa shape index (κ2) is 10.5. The van der Waals surface area contributed by atoms with E-state index < -0.39 is 42.2 Å². The summed E-state index contributed by atoms with van der Waals surface area (Å²) >= 11 is 0. The number of furan rings is 1. The molecule has 0 bridgehead atoms. The fourth-order valence-corrected chi connectivity index (χ4v) is 2.89. The number of hydrogen-bond donors (Lipinski definition) is 2. The summed E-state index contributed by atoms with van der Waals surface area (Å²) in [4.78, 5) is 37.0. The molecular formula is C23H19F3N2O5. The molecule has 0 aliphatic heterocycles. The van der Waals surface area contributed by atoms with Crippen molar-refractivity contribution in [2.45, 2.75) is 18.6 Å². The molecule has 10 heteroatoms. The lowest BCUT2D eigenvalue weighted by Gasteiger charge is -2.17. The van der Waals surface area contributed by atoms with Gasteiger partial charge in [-0.2, -0.15) is 13.2 Å². The van der Waals surface area contributed by atoms with Crippen molar-refractivity contribution in [2.75, 3.05) is 11.9 Å². The Morgan fingerprint density at radius 2 is 1.73 bits per heavy atom. The van der Waals surface area contributed by atoms with Crippen LogP contribution in [0.5, 0.6) is 0 Å². The largest absolute Gasteiger partial charge is 0.459 e. The van der Waals surface area contributed by atoms with Gasteiger partial charge in [-0.25, -0.2) is 4.79 Å². The van der Waals surface area contributed by atoms with E-state index in [0.717, 1.165) is 23.8 Å². The minimum absolute atomic E-state index is 0.0110. The van der Waals surface area contributed by atoms with Crippen molar-refractivity contribution in [3.63, 3.8) is 0 Å². The van der Waals surface area contributed by atoms with Crippen molar-refractivity contribution < 1.29 is 36.7 Å². The molecule has 0 radical (unpaired) electrons. The van der Waals surface area contributed by atoms with Gasteiger partial charge in [0.15, 0.2) is 12.4 Å². The lowest BCUT2D eigenvalue weighted by atomic mass is 10.1. The van der Waals surface area contributed by atoms with E-state index in [4.69, 9.17) is 9.15 Å². The molecule has 2 N–H and O–H groups in total. The summed E-state index contributed by atoms with van der Waals surface area (Å²) in [6.45, 7) is -0.753. The second-order valence-corrected chi connectivity index (χ2v) is 6.93. The fraction of sp³-hybridized carbons (Fsp3) is 0.174. The zero-order valence-electron chi connectivity index (χ0n) is 17.1. The Labute approximate surface area is 186 Å². The molecular weight excluding hydrogens is 441 g/mol. The first-order chi connectivity index (χ1) is 15.7. The lowest BCUT2D eigenvalue weighted by Crippen LogP contribution is -2.44. The van der Waals surface area contributed by atoms with Crippen molar-refractivity contribution in [3.05, 3.63) is 89.9 Å². The first-order valence-electron chi connectivity index (χ1n) is 9.74. The van der Waals surface area contributed by atoms with Gasteiger partial charge >= 0.3 is 12.1 Å². The van der Waals surface area contributed by atoms with Gasteiger partial charge in [0.1, 0.15) is 6.04 Å². The second-order valence-electron chi connectivity index (χ2n) is 6.93. The molecule has 1 atom stereocenters. The Morgan fingerprint density at radius 3 is 2.39 bits per heavy atom. The number of ether oxygens (including phenoxy) is 1. The number of halogens is 3. The molecule has 0 aliphatic rings. The predicted octanol–water partition coefficient (Wildman–Crippen LogP) is 3.82. The SMILES string of the molecule is O=C(COC(=O)[C@@H](Cc1ccccc1)NC(=O)c1ccco1)Nc1cccc(C(F)(F)F)c1. The minimum Gasteiger partial charge on any atom is -0.459 e. The van der Waals surface area contributed by atoms with E-state index in [2.05, 4.69) is 10.6 Å². The molecule has 172 valence electrons. The van der Waals surface area contributed by atoms with Crippen molar-refractivity contribution in [3.8, 4) is 0 Å². The normalized spacial score (nSPS) is 12.0. The Bertz CT molecular complexity index is 1100. The van der Waals surface area contributed by atoms with Crippen LogP contribution in [0.2, 0.25) is 0 Å². The molecule has 0 saturated heterocycles. The monoisotopic (exact) mass is 460 g/mol. The number of carbonyl (C=O) groups excluding carboxylic acids is 3. The Hall–Kier alpha value is -4.08. The number of alkyl halides is 3. The van der Waals surface area contributed by atoms with Gasteiger partial charge in [0.2, 0.25) is 0 Å². The summed E-state index contributed by atoms with van der Waals surface area (Å²) in [6, 6.07) is 14.7. The van der Waals surface area contributed by atoms with Crippen LogP contribution in [0.3, 0.4) is 0 Å². The average Bonchev–Trinajstić information content (AvgIpc) is 3.32. The summed E-state index contributed by atoms with van der Waals surface area (Å²) in [6.07, 6.45) is -3.18. The molecule has 0 fully saturated rings. The van der Waals surface area contributed by atoms with Crippen molar-refractivity contribution in [2.24, 2.45) is 0 Å². The van der Waals surface area contributed by atoms with E-state index >= 15 is 0 Å². The van der Waals surface area contributed by atoms with Crippen LogP contribution in [-0.4, -0.2) is 30.4 Å². The molecule has 7 nitrogen and oxygen atoms in total. The number of anilines is 1. The summed E-state index contributed by atoms with van der Waals surface area (Å²) in [5.74, 6) is -2.38. The van der Waals surface area contributed by atoms with Crippen LogP contribution >= 0.6 is 0 Å². The maximum atomic E-state index is 12.8. The van der Waals surface area contributed by atoms with Crippen molar-refractivity contribution in [1.29, 1.82) is 0 Å². The molecule has 3 aromatic rings. The van der Waals surface area contributed by atoms with Crippen LogP contribution in [0.15, 0.2) is 77.4 Å². The molecule has 0 unspecified atom stereocenters. The quantitative estimate of drug-likeness (QED) is 0.498. The highest BCUT2D eigenvalue weighted by atomic mass is 19.4. The molecule has 0 saturated carbocycles. The Kier molecular flexibility index (Phi) is 7.50. The van der Waals surface area contributed by atoms with Gasteiger partial charge in [0, 0.05) is 12.1 Å². The van der Waals surface area contributed by atoms with Crippen LogP contribution in [0.4, 0.5) is 18.9 Å². The van der Waals surface area contributed by atoms with Crippen LogP contribution in [-0.2, 0) is 26.9 Å². The molecule has 1 aromatic heterocycles. The Morgan fingerprint density at radius 1 is 0.970 bits per heavy atom. The topological polar surface area (TPSA) is 97.6 Å². The zero-order valence-corrected chi connectivity index (χ0v) is 17.1. The fourth-order valence-electron chi connectivity index (χ4n) is 2.89. The number of hydrogen-bond acceptors (Lipinski definition) is 5. The van der Waals surface area contributed by atoms with E-state index in [1.54, 1.807) is 30.3 Å². The Balaban J connectivity index is 1.62. The summed E-state index contributed by atoms with van der Waals surface area (Å²) < 4.78 is 48.5. The average molecular weight is 460 g/mol. The number of rotatable bonds is 8. The highest BCUT2D eigenvalue weighted by Crippen LogP contribution is 2.30. The van der Waals surface area contributed by atoms with Crippen LogP contribution in [0.25, 0.3) is 0 Å². The van der Waals surface area contributed by atoms with Gasteiger partial charge in [-0.15, -0.1) is 0 Å². The van der Waals surface area contributed by atoms with Gasteiger partial charge in [0.25, 0.3) is 11.8 Å². The van der Waals surface area contributed by atoms with Gasteiger partial charge in [-0.3, -0.25) is 9.59 Å². The third-order valence-electron chi connectivity index (χ3n) is 4.44. The number of nitrogens with one attached hydrogen (secondary N) is 2. The molecule has 2 amide bonds. The maximum absolute atomic E-state index is 12.8. The molecule has 0 aliphatic carbocycles. The van der Waals surface area contributed by atoms with Gasteiger partial charge in [0.05, 0.1) is 11.8 Å². The minimum atomic E-state index is -4.57. The van der Waals surface area contributed by atoms with Gasteiger partial charge in [-0.05, 0) is 35.9 Å². The summed E-state index contributed by atoms with van der Waals surface area (Å²) in [7, 11) is 0. The van der Waals surface area contributed by atoms with E-state index in [1.807, 2.05) is 0 Å². The van der Waals surface area contributed by atoms with E-state index in [0.29, 0.717) is 0 Å². The van der Waals surface area contributed by atoms with Crippen molar-refractivity contribution in [1.82, 2.24) is 5.32 Å². The lowest BCUT2D eigenvalue weighted by molar-refractivity contribution is -0.149. The molecule has 33 heavy (non-hydrogen) atoms. The number of esters is 1. The zero-order chi connectivity index (χ0) is 23.8. The smallest absolute Gasteiger partial charge is 0.416 e. The number of carbonyl (C=O) groups is 3. The number of amides is 2. The van der Waals surface area contributed by atoms with Gasteiger partial charge < -0.3 is 19.8 Å². The third kappa shape index (κ3) is 6.96. The molecule has 0 spiro atoms. The summed E-state index contributed by atoms with van der Waals surface area (Å²) in [5.41, 5.74) is -0.300. The van der Waals surface area contributed by atoms with Crippen molar-refractivity contribution >= 4 is 23.5 Å². The van der Waals surface area contributed by atoms with E-state index in [1.165, 1.54) is 24.5 Å². The first-order valence-corrected chi connectivity index (χ1v) is 9.74. The molecule has 2 aromatic carbocycles. The van der Waals surface area contributed by atoms with E-state index in [-0.39, 0.29) is 17.9 Å². The first kappa shape index (κ1) is 23.6. The maximum Gasteiger partial charge on any atom is 0.416 e. The van der Waals surface area contributed by atoms with Crippen LogP contribution in [0, 0.1) is 0 Å². The summed E-state index contributed by atoms with van der Waals surface area (Å²) in [5, 5.41) is 4.74. The highest BCUT2D eigenvalue weighted by Gasteiger charge is 2.30. The standard InChI is InChI=1S/C23H19F3N2O5/c24-23(25,26)16-8-4-9-17(13-16)27-20(29)14-33-22(31)18(12-15-6-2-1-3-7-15)28-21(30)19-10-5-11-32-19/h1-11,13,18H,12,14H2,(H,27,29)(H,28,30)/t18-/m1/s1.